The lowest BCUT2D eigenvalue weighted by Crippen LogP contribution is -2.57. The predicted molar refractivity (Wildman–Crippen MR) is 89.1 cm³/mol. The number of piperazine rings is 1. The van der Waals surface area contributed by atoms with Gasteiger partial charge in [0, 0.05) is 30.7 Å². The molecule has 2 atom stereocenters. The summed E-state index contributed by atoms with van der Waals surface area (Å²) < 4.78 is 10.7. The molecule has 6 heteroatoms. The highest BCUT2D eigenvalue weighted by atomic mass is 35.5. The molecule has 1 N–H and O–H groups in total. The minimum absolute atomic E-state index is 0. The first kappa shape index (κ1) is 18.6. The Bertz CT molecular complexity index is 488. The van der Waals surface area contributed by atoms with E-state index in [2.05, 4.69) is 19.2 Å². The minimum atomic E-state index is 0. The van der Waals surface area contributed by atoms with Crippen LogP contribution in [0.25, 0.3) is 0 Å². The van der Waals surface area contributed by atoms with Crippen molar-refractivity contribution in [1.29, 1.82) is 0 Å². The highest BCUT2D eigenvalue weighted by Crippen LogP contribution is 2.29. The maximum Gasteiger partial charge on any atom is 0.227 e. The zero-order chi connectivity index (χ0) is 15.4. The first-order valence-corrected chi connectivity index (χ1v) is 7.31. The molecule has 1 heterocycles. The summed E-state index contributed by atoms with van der Waals surface area (Å²) in [5.41, 5.74) is 0.811. The third-order valence-electron chi connectivity index (χ3n) is 4.21. The van der Waals surface area contributed by atoms with Crippen LogP contribution >= 0.6 is 12.4 Å². The first-order valence-electron chi connectivity index (χ1n) is 7.31. The van der Waals surface area contributed by atoms with Gasteiger partial charge in [-0.2, -0.15) is 0 Å². The molecule has 1 aromatic carbocycles. The van der Waals surface area contributed by atoms with Crippen LogP contribution in [0.5, 0.6) is 11.5 Å². The van der Waals surface area contributed by atoms with Gasteiger partial charge in [0.2, 0.25) is 5.91 Å². The molecule has 0 aromatic heterocycles. The Kier molecular flexibility index (Phi) is 6.97. The fourth-order valence-electron chi connectivity index (χ4n) is 2.76. The number of methoxy groups -OCH3 is 2. The van der Waals surface area contributed by atoms with E-state index in [9.17, 15) is 4.79 Å². The van der Waals surface area contributed by atoms with E-state index in [4.69, 9.17) is 9.47 Å². The fourth-order valence-corrected chi connectivity index (χ4v) is 2.76. The van der Waals surface area contributed by atoms with Gasteiger partial charge in [0.25, 0.3) is 0 Å². The number of nitrogens with zero attached hydrogens (tertiary/aromatic N) is 1. The first-order chi connectivity index (χ1) is 10.1. The second-order valence-corrected chi connectivity index (χ2v) is 5.39. The maximum atomic E-state index is 12.6. The Labute approximate surface area is 138 Å². The topological polar surface area (TPSA) is 50.8 Å². The molecule has 5 nitrogen and oxygen atoms in total. The number of halogens is 1. The molecule has 0 bridgehead atoms. The summed E-state index contributed by atoms with van der Waals surface area (Å²) in [6.07, 6.45) is 0.296. The molecule has 2 unspecified atom stereocenters. The van der Waals surface area contributed by atoms with Gasteiger partial charge >= 0.3 is 0 Å². The van der Waals surface area contributed by atoms with Crippen molar-refractivity contribution in [3.05, 3.63) is 23.8 Å². The predicted octanol–water partition coefficient (Wildman–Crippen LogP) is 1.88. The van der Waals surface area contributed by atoms with E-state index in [1.54, 1.807) is 14.2 Å². The van der Waals surface area contributed by atoms with Crippen LogP contribution in [0.3, 0.4) is 0 Å². The lowest BCUT2D eigenvalue weighted by atomic mass is 10.0. The van der Waals surface area contributed by atoms with Crippen molar-refractivity contribution in [2.24, 2.45) is 0 Å². The van der Waals surface area contributed by atoms with Gasteiger partial charge in [0.05, 0.1) is 20.6 Å². The Morgan fingerprint density at radius 1 is 1.27 bits per heavy atom. The molecule has 1 aromatic rings. The second kappa shape index (κ2) is 8.25. The van der Waals surface area contributed by atoms with Crippen LogP contribution in [0.4, 0.5) is 0 Å². The molecule has 0 aliphatic carbocycles. The van der Waals surface area contributed by atoms with Gasteiger partial charge in [-0.1, -0.05) is 6.07 Å². The number of ether oxygens (including phenoxy) is 2. The number of hydrogen-bond acceptors (Lipinski definition) is 4. The third kappa shape index (κ3) is 3.84. The van der Waals surface area contributed by atoms with Crippen LogP contribution < -0.4 is 14.8 Å². The zero-order valence-corrected chi connectivity index (χ0v) is 14.4. The van der Waals surface area contributed by atoms with Gasteiger partial charge in [-0.25, -0.2) is 0 Å². The molecule has 124 valence electrons. The summed E-state index contributed by atoms with van der Waals surface area (Å²) in [7, 11) is 3.22. The van der Waals surface area contributed by atoms with E-state index in [1.807, 2.05) is 23.1 Å². The number of rotatable bonds is 4. The van der Waals surface area contributed by atoms with Gasteiger partial charge in [-0.05, 0) is 26.0 Å². The van der Waals surface area contributed by atoms with E-state index < -0.39 is 0 Å². The van der Waals surface area contributed by atoms with Crippen LogP contribution in [0.2, 0.25) is 0 Å². The fraction of sp³-hybridized carbons (Fsp3) is 0.562. The van der Waals surface area contributed by atoms with Gasteiger partial charge in [0.1, 0.15) is 11.5 Å². The van der Waals surface area contributed by atoms with Crippen LogP contribution in [0.1, 0.15) is 19.4 Å². The molecule has 22 heavy (non-hydrogen) atoms. The molecule has 1 aliphatic heterocycles. The summed E-state index contributed by atoms with van der Waals surface area (Å²) in [6, 6.07) is 6.07. The molecule has 1 saturated heterocycles. The van der Waals surface area contributed by atoms with Crippen molar-refractivity contribution in [3.8, 4) is 11.5 Å². The third-order valence-corrected chi connectivity index (χ3v) is 4.21. The minimum Gasteiger partial charge on any atom is -0.496 e. The Morgan fingerprint density at radius 2 is 1.86 bits per heavy atom. The Balaban J connectivity index is 0.00000242. The quantitative estimate of drug-likeness (QED) is 0.917. The normalized spacial score (nSPS) is 21.0. The molecule has 1 amide bonds. The van der Waals surface area contributed by atoms with E-state index in [-0.39, 0.29) is 24.4 Å². The maximum absolute atomic E-state index is 12.6. The average Bonchev–Trinajstić information content (AvgIpc) is 2.50. The second-order valence-electron chi connectivity index (χ2n) is 5.39. The van der Waals surface area contributed by atoms with E-state index in [0.29, 0.717) is 24.0 Å². The van der Waals surface area contributed by atoms with Crippen LogP contribution in [-0.2, 0) is 11.2 Å². The van der Waals surface area contributed by atoms with Gasteiger partial charge in [-0.3, -0.25) is 4.79 Å². The van der Waals surface area contributed by atoms with Crippen molar-refractivity contribution in [2.45, 2.75) is 32.4 Å². The van der Waals surface area contributed by atoms with Gasteiger partial charge in [-0.15, -0.1) is 12.4 Å². The number of hydrogen-bond donors (Lipinski definition) is 1. The lowest BCUT2D eigenvalue weighted by Gasteiger charge is -2.38. The zero-order valence-electron chi connectivity index (χ0n) is 13.6. The number of carbonyl (C=O) groups excluding carboxylic acids is 1. The molecule has 2 rings (SSSR count). The standard InChI is InChI=1S/C16H24N2O3.ClH/c1-11-12(2)18(9-8-17-11)16(19)10-13-14(20-3)6-5-7-15(13)21-4;/h5-7,11-12,17H,8-10H2,1-4H3;1H. The van der Waals surface area contributed by atoms with E-state index in [1.165, 1.54) is 0 Å². The van der Waals surface area contributed by atoms with Crippen molar-refractivity contribution in [2.75, 3.05) is 27.3 Å². The highest BCUT2D eigenvalue weighted by Gasteiger charge is 2.29. The number of carbonyl (C=O) groups is 1. The largest absolute Gasteiger partial charge is 0.496 e. The molecule has 0 saturated carbocycles. The van der Waals surface area contributed by atoms with Crippen LogP contribution in [-0.4, -0.2) is 50.2 Å². The van der Waals surface area contributed by atoms with Crippen LogP contribution in [0.15, 0.2) is 18.2 Å². The highest BCUT2D eigenvalue weighted by molar-refractivity contribution is 5.85. The van der Waals surface area contributed by atoms with E-state index >= 15 is 0 Å². The van der Waals surface area contributed by atoms with Crippen molar-refractivity contribution < 1.29 is 14.3 Å². The lowest BCUT2D eigenvalue weighted by molar-refractivity contribution is -0.134. The number of benzene rings is 1. The van der Waals surface area contributed by atoms with Gasteiger partial charge in [0.15, 0.2) is 0 Å². The van der Waals surface area contributed by atoms with Crippen molar-refractivity contribution in [1.82, 2.24) is 10.2 Å². The summed E-state index contributed by atoms with van der Waals surface area (Å²) in [6.45, 7) is 5.75. The van der Waals surface area contributed by atoms with Crippen molar-refractivity contribution in [3.63, 3.8) is 0 Å². The number of amides is 1. The summed E-state index contributed by atoms with van der Waals surface area (Å²) in [5, 5.41) is 3.38. The molecular formula is C16H25ClN2O3. The smallest absolute Gasteiger partial charge is 0.227 e. The number of nitrogens with one attached hydrogen (secondary N) is 1. The summed E-state index contributed by atoms with van der Waals surface area (Å²) in [5.74, 6) is 1.50. The van der Waals surface area contributed by atoms with Crippen molar-refractivity contribution >= 4 is 18.3 Å². The molecule has 0 radical (unpaired) electrons. The average molecular weight is 329 g/mol. The Hall–Kier alpha value is -1.46. The monoisotopic (exact) mass is 328 g/mol. The van der Waals surface area contributed by atoms with Gasteiger partial charge < -0.3 is 19.7 Å². The summed E-state index contributed by atoms with van der Waals surface area (Å²) >= 11 is 0. The summed E-state index contributed by atoms with van der Waals surface area (Å²) in [4.78, 5) is 14.6. The Morgan fingerprint density at radius 3 is 2.41 bits per heavy atom. The molecular weight excluding hydrogens is 304 g/mol. The molecule has 1 fully saturated rings. The molecule has 1 aliphatic rings. The molecule has 0 spiro atoms. The SMILES string of the molecule is COc1cccc(OC)c1CC(=O)N1CCNC(C)C1C.Cl. The van der Waals surface area contributed by atoms with E-state index in [0.717, 1.165) is 18.7 Å². The van der Waals surface area contributed by atoms with Crippen LogP contribution in [0, 0.1) is 0 Å².